The van der Waals surface area contributed by atoms with E-state index in [1.165, 1.54) is 26.4 Å². The maximum Gasteiger partial charge on any atom is 0.300 e. The summed E-state index contributed by atoms with van der Waals surface area (Å²) in [4.78, 5) is 153. The van der Waals surface area contributed by atoms with Crippen LogP contribution in [0.1, 0.15) is 63.3 Å². The molecular formula is C51H72N18O11S2. The number of benzene rings is 2. The number of imidazole rings is 1. The van der Waals surface area contributed by atoms with Crippen LogP contribution in [-0.4, -0.2) is 164 Å². The normalized spacial score (nSPS) is 20.9. The number of guanidine groups is 2. The minimum Gasteiger partial charge on any atom is -0.481 e. The van der Waals surface area contributed by atoms with Crippen LogP contribution >= 0.6 is 21.6 Å². The number of carbonyl (C=O) groups is 10. The Kier molecular flexibility index (Phi) is 26.9. The third-order valence-electron chi connectivity index (χ3n) is 12.1. The molecule has 1 fully saturated rings. The van der Waals surface area contributed by atoms with Gasteiger partial charge >= 0.3 is 0 Å². The van der Waals surface area contributed by atoms with E-state index in [4.69, 9.17) is 38.6 Å². The van der Waals surface area contributed by atoms with E-state index in [0.717, 1.165) is 39.4 Å². The summed E-state index contributed by atoms with van der Waals surface area (Å²) in [5, 5.41) is 29.6. The van der Waals surface area contributed by atoms with Crippen LogP contribution in [0, 0.1) is 0 Å². The van der Waals surface area contributed by atoms with Gasteiger partial charge in [0.25, 0.3) is 5.97 Å². The van der Waals surface area contributed by atoms with Crippen LogP contribution < -0.4 is 71.2 Å². The van der Waals surface area contributed by atoms with Gasteiger partial charge in [0.1, 0.15) is 48.3 Å². The van der Waals surface area contributed by atoms with Crippen molar-refractivity contribution in [3.63, 3.8) is 0 Å². The van der Waals surface area contributed by atoms with Gasteiger partial charge in [-0.1, -0.05) is 70.1 Å². The average Bonchev–Trinajstić information content (AvgIpc) is 4.11. The van der Waals surface area contributed by atoms with Gasteiger partial charge in [-0.05, 0) is 49.8 Å². The number of amides is 9. The van der Waals surface area contributed by atoms with Crippen LogP contribution in [0.5, 0.6) is 0 Å². The number of primary amides is 1. The quantitative estimate of drug-likeness (QED) is 0.0203. The Labute approximate surface area is 479 Å². The summed E-state index contributed by atoms with van der Waals surface area (Å²) in [6.45, 7) is 3.83. The first kappa shape index (κ1) is 65.6. The molecule has 2 aromatic heterocycles. The molecule has 8 atom stereocenters. The number of aromatic amines is 2. The molecule has 2 aromatic carbocycles. The fourth-order valence-corrected chi connectivity index (χ4v) is 10.4. The molecule has 1 aliphatic rings. The third-order valence-corrected chi connectivity index (χ3v) is 14.5. The number of carbonyl (C=O) groups excluding carboxylic acids is 9. The van der Waals surface area contributed by atoms with E-state index in [1.807, 2.05) is 18.2 Å². The highest BCUT2D eigenvalue weighted by molar-refractivity contribution is 8.76. The molecule has 82 heavy (non-hydrogen) atoms. The summed E-state index contributed by atoms with van der Waals surface area (Å²) >= 11 is 0. The molecule has 9 amide bonds. The smallest absolute Gasteiger partial charge is 0.300 e. The number of nitrogens with two attached hydrogens (primary N) is 5. The van der Waals surface area contributed by atoms with E-state index in [9.17, 15) is 43.2 Å². The van der Waals surface area contributed by atoms with Gasteiger partial charge in [0.2, 0.25) is 53.2 Å². The van der Waals surface area contributed by atoms with Crippen molar-refractivity contribution in [3.05, 3.63) is 90.1 Å². The molecule has 0 radical (unpaired) electrons. The summed E-state index contributed by atoms with van der Waals surface area (Å²) in [5.41, 5.74) is 30.3. The van der Waals surface area contributed by atoms with Gasteiger partial charge in [-0.2, -0.15) is 0 Å². The number of aliphatic imine (C=N–C) groups is 2. The lowest BCUT2D eigenvalue weighted by Gasteiger charge is -2.27. The van der Waals surface area contributed by atoms with E-state index < -0.39 is 107 Å². The fourth-order valence-electron chi connectivity index (χ4n) is 8.05. The Morgan fingerprint density at radius 1 is 0.683 bits per heavy atom. The number of carboxylic acid groups (broad SMARTS) is 1. The molecular weight excluding hydrogens is 1100 g/mol. The highest BCUT2D eigenvalue weighted by atomic mass is 33.1. The minimum atomic E-state index is -1.40. The first-order valence-corrected chi connectivity index (χ1v) is 28.3. The van der Waals surface area contributed by atoms with Gasteiger partial charge < -0.3 is 86.3 Å². The van der Waals surface area contributed by atoms with E-state index in [1.54, 1.807) is 42.6 Å². The number of hydrogen-bond donors (Lipinski definition) is 16. The second kappa shape index (κ2) is 33.7. The van der Waals surface area contributed by atoms with Crippen molar-refractivity contribution in [2.45, 2.75) is 114 Å². The summed E-state index contributed by atoms with van der Waals surface area (Å²) < 4.78 is 0. The van der Waals surface area contributed by atoms with E-state index >= 15 is 0 Å². The monoisotopic (exact) mass is 1180 g/mol. The predicted molar refractivity (Wildman–Crippen MR) is 308 cm³/mol. The molecule has 0 bridgehead atoms. The number of aromatic nitrogens is 3. The van der Waals surface area contributed by atoms with E-state index in [2.05, 4.69) is 67.5 Å². The topological polar surface area (TPSA) is 486 Å². The van der Waals surface area contributed by atoms with Crippen molar-refractivity contribution in [2.75, 3.05) is 24.6 Å². The first-order chi connectivity index (χ1) is 39.0. The third kappa shape index (κ3) is 23.1. The molecule has 0 aliphatic carbocycles. The van der Waals surface area contributed by atoms with Gasteiger partial charge in [0.05, 0.1) is 6.33 Å². The number of para-hydroxylation sites is 1. The second-order valence-electron chi connectivity index (χ2n) is 18.8. The molecule has 0 spiro atoms. The van der Waals surface area contributed by atoms with Crippen molar-refractivity contribution in [3.8, 4) is 0 Å². The molecule has 1 saturated heterocycles. The van der Waals surface area contributed by atoms with Gasteiger partial charge in [-0.3, -0.25) is 57.9 Å². The van der Waals surface area contributed by atoms with Crippen molar-refractivity contribution in [2.24, 2.45) is 38.7 Å². The summed E-state index contributed by atoms with van der Waals surface area (Å²) in [6, 6.07) is 5.16. The summed E-state index contributed by atoms with van der Waals surface area (Å²) in [5.74, 6) is -8.80. The number of hydrogen-bond acceptors (Lipinski definition) is 15. The lowest BCUT2D eigenvalue weighted by molar-refractivity contribution is -0.135. The van der Waals surface area contributed by atoms with Gasteiger partial charge in [-0.25, -0.2) is 4.98 Å². The molecule has 4 aromatic rings. The molecule has 1 aliphatic heterocycles. The molecule has 8 unspecified atom stereocenters. The van der Waals surface area contributed by atoms with Crippen molar-refractivity contribution in [1.29, 1.82) is 0 Å². The van der Waals surface area contributed by atoms with Gasteiger partial charge in [-0.15, -0.1) is 0 Å². The number of carboxylic acids is 1. The molecule has 444 valence electrons. The van der Waals surface area contributed by atoms with E-state index in [0.29, 0.717) is 16.8 Å². The Hall–Kier alpha value is -8.87. The maximum absolute atomic E-state index is 14.6. The first-order valence-electron chi connectivity index (χ1n) is 25.8. The maximum atomic E-state index is 14.6. The van der Waals surface area contributed by atoms with Crippen LogP contribution in [-0.2, 0) is 67.2 Å². The van der Waals surface area contributed by atoms with Crippen molar-refractivity contribution in [1.82, 2.24) is 57.5 Å². The average molecular weight is 1180 g/mol. The molecule has 3 heterocycles. The number of aliphatic carboxylic acids is 1. The Balaban J connectivity index is 0.00000349. The zero-order chi connectivity index (χ0) is 60.3. The van der Waals surface area contributed by atoms with Gasteiger partial charge in [0, 0.05) is 86.7 Å². The minimum absolute atomic E-state index is 0.0573. The number of rotatable bonds is 18. The lowest BCUT2D eigenvalue weighted by Crippen LogP contribution is -2.61. The summed E-state index contributed by atoms with van der Waals surface area (Å²) in [6.07, 6.45) is 4.53. The molecule has 29 nitrogen and oxygen atoms in total. The molecule has 31 heteroatoms. The number of nitrogens with zero attached hydrogens (tertiary/aromatic N) is 3. The Morgan fingerprint density at radius 3 is 1.87 bits per heavy atom. The SMILES string of the molecule is CC(=O)NC(CCCN=C(N)N)C(=O)NC1CSSCC(C(N)=O)NC(=O)C(Cc2c[nH]c3ccccc23)NC(=O)C(CCCN=C(N)N)NC(=O)C(Cc2ccccc2)NC(=O)C(Cc2cnc[nH]2)NC(=O)C(C)NC1=O.CC(=O)O. The van der Waals surface area contributed by atoms with Crippen LogP contribution in [0.25, 0.3) is 10.9 Å². The second-order valence-corrected chi connectivity index (χ2v) is 21.3. The zero-order valence-electron chi connectivity index (χ0n) is 45.4. The fraction of sp³-hybridized carbons (Fsp3) is 0.431. The molecule has 0 saturated carbocycles. The number of nitrogens with one attached hydrogen (secondary N) is 10. The highest BCUT2D eigenvalue weighted by Gasteiger charge is 2.35. The van der Waals surface area contributed by atoms with Crippen LogP contribution in [0.3, 0.4) is 0 Å². The predicted octanol–water partition coefficient (Wildman–Crippen LogP) is -3.08. The van der Waals surface area contributed by atoms with E-state index in [-0.39, 0.29) is 81.5 Å². The largest absolute Gasteiger partial charge is 0.481 e. The number of H-pyrrole nitrogens is 2. The van der Waals surface area contributed by atoms with Crippen LogP contribution in [0.4, 0.5) is 0 Å². The lowest BCUT2D eigenvalue weighted by atomic mass is 10.0. The Morgan fingerprint density at radius 2 is 1.24 bits per heavy atom. The van der Waals surface area contributed by atoms with Crippen molar-refractivity contribution >= 4 is 104 Å². The Bertz CT molecular complexity index is 2880. The van der Waals surface area contributed by atoms with Crippen LogP contribution in [0.15, 0.2) is 83.3 Å². The zero-order valence-corrected chi connectivity index (χ0v) is 47.0. The molecule has 5 rings (SSSR count). The molecule has 21 N–H and O–H groups in total. The summed E-state index contributed by atoms with van der Waals surface area (Å²) in [7, 11) is 2.02. The highest BCUT2D eigenvalue weighted by Crippen LogP contribution is 2.24. The van der Waals surface area contributed by atoms with Crippen molar-refractivity contribution < 1.29 is 53.1 Å². The van der Waals surface area contributed by atoms with Crippen LogP contribution in [0.2, 0.25) is 0 Å². The number of fused-ring (bicyclic) bond motifs is 1. The standard InChI is InChI=1S/C49H68N18O9S2.C2H4O2/c1-26-41(70)63-37(20-30-22-55-25-59-30)46(75)64-35(18-28-10-4-3-5-11-28)44(73)62-34(15-9-17-57-49(53)54)43(72)65-36(19-29-21-58-32-13-7-6-12-31(29)32)45(74)66-38(40(50)69)23-77-78-24-39(47(76)60-26)67-42(71)33(61-27(2)68)14-8-16-56-48(51)52;1-2(3)4/h3-7,10-13,21-22,25-26,33-39,58H,8-9,14-20,23-24H2,1-2H3,(H2,50,69)(H,55,59)(H,60,76)(H,61,68)(H,62,73)(H,63,70)(H,64,75)(H,65,72)(H,66,74)(H,67,71)(H4,51,52,56)(H4,53,54,57);1H3,(H,3,4). The van der Waals surface area contributed by atoms with Gasteiger partial charge in [0.15, 0.2) is 11.9 Å².